The van der Waals surface area contributed by atoms with Crippen LogP contribution in [-0.4, -0.2) is 67.3 Å². The number of hydrogen-bond donors (Lipinski definition) is 0. The molecule has 0 N–H and O–H groups in total. The summed E-state index contributed by atoms with van der Waals surface area (Å²) in [4.78, 5) is 23.2. The number of piperazine rings is 1. The van der Waals surface area contributed by atoms with E-state index in [-0.39, 0.29) is 25.1 Å². The molecule has 162 valence electrons. The van der Waals surface area contributed by atoms with Gasteiger partial charge in [0.1, 0.15) is 11.3 Å². The van der Waals surface area contributed by atoms with Crippen LogP contribution in [0.5, 0.6) is 11.5 Å². The van der Waals surface area contributed by atoms with Crippen LogP contribution in [0.1, 0.15) is 5.56 Å². The molecule has 2 aliphatic heterocycles. The Morgan fingerprint density at radius 2 is 1.97 bits per heavy atom. The molecule has 1 fully saturated rings. The highest BCUT2D eigenvalue weighted by Gasteiger charge is 2.23. The molecule has 0 radical (unpaired) electrons. The van der Waals surface area contributed by atoms with E-state index in [4.69, 9.17) is 9.47 Å². The summed E-state index contributed by atoms with van der Waals surface area (Å²) in [6, 6.07) is 10.9. The van der Waals surface area contributed by atoms with E-state index in [0.717, 1.165) is 35.8 Å². The summed E-state index contributed by atoms with van der Waals surface area (Å²) >= 11 is 1.39. The van der Waals surface area contributed by atoms with Crippen LogP contribution in [0.2, 0.25) is 0 Å². The van der Waals surface area contributed by atoms with Gasteiger partial charge >= 0.3 is 0 Å². The maximum absolute atomic E-state index is 13.9. The molecule has 0 unspecified atom stereocenters. The molecule has 31 heavy (non-hydrogen) atoms. The predicted octanol–water partition coefficient (Wildman–Crippen LogP) is 2.94. The summed E-state index contributed by atoms with van der Waals surface area (Å²) < 4.78 is 25.5. The number of ether oxygens (including phenoxy) is 2. The van der Waals surface area contributed by atoms with Gasteiger partial charge in [-0.3, -0.25) is 9.69 Å². The number of amides is 1. The second kappa shape index (κ2) is 8.32. The average Bonchev–Trinajstić information content (AvgIpc) is 3.41. The summed E-state index contributed by atoms with van der Waals surface area (Å²) in [5, 5.41) is 0.648. The fraction of sp³-hybridized carbons (Fsp3) is 0.364. The van der Waals surface area contributed by atoms with E-state index in [0.29, 0.717) is 23.7 Å². The smallest absolute Gasteiger partial charge is 0.242 e. The first kappa shape index (κ1) is 20.0. The zero-order chi connectivity index (χ0) is 21.4. The van der Waals surface area contributed by atoms with E-state index < -0.39 is 0 Å². The van der Waals surface area contributed by atoms with E-state index in [1.807, 2.05) is 30.1 Å². The van der Waals surface area contributed by atoms with Gasteiger partial charge in [-0.2, -0.15) is 0 Å². The maximum Gasteiger partial charge on any atom is 0.242 e. The number of carbonyl (C=O) groups excluding carboxylic acids is 1. The van der Waals surface area contributed by atoms with Gasteiger partial charge in [0.2, 0.25) is 12.7 Å². The van der Waals surface area contributed by atoms with Crippen LogP contribution in [0.3, 0.4) is 0 Å². The Morgan fingerprint density at radius 1 is 1.16 bits per heavy atom. The van der Waals surface area contributed by atoms with Gasteiger partial charge in [0.05, 0.1) is 11.2 Å². The molecule has 5 rings (SSSR count). The molecule has 2 aromatic carbocycles. The van der Waals surface area contributed by atoms with E-state index in [9.17, 15) is 9.18 Å². The van der Waals surface area contributed by atoms with Crippen LogP contribution in [0.25, 0.3) is 10.2 Å². The molecule has 7 nitrogen and oxygen atoms in total. The predicted molar refractivity (Wildman–Crippen MR) is 117 cm³/mol. The highest BCUT2D eigenvalue weighted by atomic mass is 32.1. The number of nitrogens with zero attached hydrogens (tertiary/aromatic N) is 4. The molecular formula is C22H23FN4O3S. The minimum Gasteiger partial charge on any atom is -0.454 e. The lowest BCUT2D eigenvalue weighted by molar-refractivity contribution is -0.131. The van der Waals surface area contributed by atoms with Crippen molar-refractivity contribution >= 4 is 32.6 Å². The highest BCUT2D eigenvalue weighted by Crippen LogP contribution is 2.33. The Hall–Kier alpha value is -2.91. The van der Waals surface area contributed by atoms with Gasteiger partial charge in [0.15, 0.2) is 16.6 Å². The third-order valence-electron chi connectivity index (χ3n) is 5.63. The van der Waals surface area contributed by atoms with Crippen LogP contribution >= 0.6 is 11.3 Å². The second-order valence-electron chi connectivity index (χ2n) is 7.78. The number of para-hydroxylation sites is 1. The van der Waals surface area contributed by atoms with Crippen molar-refractivity contribution in [3.63, 3.8) is 0 Å². The zero-order valence-corrected chi connectivity index (χ0v) is 18.0. The fourth-order valence-corrected chi connectivity index (χ4v) is 4.83. The number of halogens is 1. The maximum atomic E-state index is 13.9. The summed E-state index contributed by atoms with van der Waals surface area (Å²) in [5.41, 5.74) is 1.53. The Balaban J connectivity index is 1.15. The molecule has 1 amide bonds. The number of fused-ring (bicyclic) bond motifs is 2. The summed E-state index contributed by atoms with van der Waals surface area (Å²) in [6.07, 6.45) is 0. The number of rotatable bonds is 5. The first-order valence-corrected chi connectivity index (χ1v) is 11.0. The normalized spacial score (nSPS) is 16.1. The van der Waals surface area contributed by atoms with Crippen LogP contribution in [-0.2, 0) is 11.3 Å². The van der Waals surface area contributed by atoms with E-state index in [1.54, 1.807) is 11.0 Å². The van der Waals surface area contributed by atoms with Crippen molar-refractivity contribution in [2.45, 2.75) is 6.54 Å². The van der Waals surface area contributed by atoms with Gasteiger partial charge in [0, 0.05) is 39.8 Å². The second-order valence-corrected chi connectivity index (χ2v) is 8.79. The molecule has 0 aliphatic carbocycles. The van der Waals surface area contributed by atoms with Crippen molar-refractivity contribution in [2.75, 3.05) is 51.5 Å². The Labute approximate surface area is 183 Å². The van der Waals surface area contributed by atoms with Gasteiger partial charge < -0.3 is 19.3 Å². The first-order valence-electron chi connectivity index (χ1n) is 10.2. The molecule has 0 bridgehead atoms. The van der Waals surface area contributed by atoms with Crippen molar-refractivity contribution in [1.29, 1.82) is 0 Å². The fourth-order valence-electron chi connectivity index (χ4n) is 3.89. The van der Waals surface area contributed by atoms with Gasteiger partial charge in [-0.05, 0) is 29.8 Å². The molecular weight excluding hydrogens is 419 g/mol. The average molecular weight is 443 g/mol. The SMILES string of the molecule is CN(CC(=O)N1CCN(Cc2ccc3c(c2)OCO3)CC1)c1nc2c(F)cccc2s1. The van der Waals surface area contributed by atoms with Gasteiger partial charge in [0.25, 0.3) is 0 Å². The number of anilines is 1. The zero-order valence-electron chi connectivity index (χ0n) is 17.2. The largest absolute Gasteiger partial charge is 0.454 e. The minimum atomic E-state index is -0.335. The number of carbonyl (C=O) groups is 1. The molecule has 0 spiro atoms. The van der Waals surface area contributed by atoms with Crippen LogP contribution in [0.4, 0.5) is 9.52 Å². The number of hydrogen-bond acceptors (Lipinski definition) is 7. The standard InChI is InChI=1S/C22H23FN4O3S/c1-25(22-24-21-16(23)3-2-4-19(21)31-22)13-20(28)27-9-7-26(8-10-27)12-15-5-6-17-18(11-15)30-14-29-17/h2-6,11H,7-10,12-14H2,1H3. The monoisotopic (exact) mass is 442 g/mol. The van der Waals surface area contributed by atoms with E-state index >= 15 is 0 Å². The van der Waals surface area contributed by atoms with E-state index in [1.165, 1.54) is 23.0 Å². The van der Waals surface area contributed by atoms with Crippen LogP contribution < -0.4 is 14.4 Å². The molecule has 0 atom stereocenters. The number of likely N-dealkylation sites (N-methyl/N-ethyl adjacent to an activating group) is 1. The van der Waals surface area contributed by atoms with Gasteiger partial charge in [-0.1, -0.05) is 23.5 Å². The van der Waals surface area contributed by atoms with Crippen molar-refractivity contribution in [2.24, 2.45) is 0 Å². The number of thiazole rings is 1. The lowest BCUT2D eigenvalue weighted by atomic mass is 10.1. The number of aromatic nitrogens is 1. The van der Waals surface area contributed by atoms with Gasteiger partial charge in [-0.15, -0.1) is 0 Å². The lowest BCUT2D eigenvalue weighted by Crippen LogP contribution is -2.50. The Kier molecular flexibility index (Phi) is 5.37. The van der Waals surface area contributed by atoms with Crippen molar-refractivity contribution in [1.82, 2.24) is 14.8 Å². The van der Waals surface area contributed by atoms with Crippen LogP contribution in [0.15, 0.2) is 36.4 Å². The van der Waals surface area contributed by atoms with Crippen molar-refractivity contribution in [3.05, 3.63) is 47.8 Å². The van der Waals surface area contributed by atoms with Crippen molar-refractivity contribution < 1.29 is 18.7 Å². The molecule has 0 saturated carbocycles. The molecule has 3 aromatic rings. The third-order valence-corrected chi connectivity index (χ3v) is 6.76. The number of benzene rings is 2. The Morgan fingerprint density at radius 3 is 2.77 bits per heavy atom. The molecule has 2 aliphatic rings. The first-order chi connectivity index (χ1) is 15.1. The molecule has 1 aromatic heterocycles. The quantitative estimate of drug-likeness (QED) is 0.606. The molecule has 9 heteroatoms. The summed E-state index contributed by atoms with van der Waals surface area (Å²) in [7, 11) is 1.82. The Bertz CT molecular complexity index is 1110. The third kappa shape index (κ3) is 4.15. The van der Waals surface area contributed by atoms with Crippen LogP contribution in [0, 0.1) is 5.82 Å². The van der Waals surface area contributed by atoms with E-state index in [2.05, 4.69) is 16.0 Å². The van der Waals surface area contributed by atoms with Gasteiger partial charge in [-0.25, -0.2) is 9.37 Å². The van der Waals surface area contributed by atoms with Crippen molar-refractivity contribution in [3.8, 4) is 11.5 Å². The minimum absolute atomic E-state index is 0.0601. The summed E-state index contributed by atoms with van der Waals surface area (Å²) in [6.45, 7) is 4.32. The molecule has 3 heterocycles. The molecule has 1 saturated heterocycles. The topological polar surface area (TPSA) is 58.1 Å². The lowest BCUT2D eigenvalue weighted by Gasteiger charge is -2.35. The summed E-state index contributed by atoms with van der Waals surface area (Å²) in [5.74, 6) is 1.31. The highest BCUT2D eigenvalue weighted by molar-refractivity contribution is 7.22.